The molecule has 0 saturated heterocycles. The van der Waals surface area contributed by atoms with Crippen LogP contribution < -0.4 is 11.1 Å². The van der Waals surface area contributed by atoms with Crippen molar-refractivity contribution >= 4 is 28.9 Å². The van der Waals surface area contributed by atoms with Crippen LogP contribution >= 0.6 is 23.2 Å². The highest BCUT2D eigenvalue weighted by molar-refractivity contribution is 6.35. The van der Waals surface area contributed by atoms with Crippen molar-refractivity contribution in [3.05, 3.63) is 28.2 Å². The van der Waals surface area contributed by atoms with Crippen LogP contribution in [-0.2, 0) is 0 Å². The summed E-state index contributed by atoms with van der Waals surface area (Å²) in [4.78, 5) is 0. The van der Waals surface area contributed by atoms with E-state index in [1.165, 1.54) is 0 Å². The summed E-state index contributed by atoms with van der Waals surface area (Å²) in [7, 11) is 0. The molecule has 4 heteroatoms. The molecule has 1 saturated carbocycles. The van der Waals surface area contributed by atoms with Crippen molar-refractivity contribution < 1.29 is 0 Å². The monoisotopic (exact) mass is 244 g/mol. The fraction of sp³-hybridized carbons (Fsp3) is 0.455. The van der Waals surface area contributed by atoms with Gasteiger partial charge in [-0.1, -0.05) is 23.2 Å². The van der Waals surface area contributed by atoms with Crippen LogP contribution in [0.15, 0.2) is 18.2 Å². The first-order valence-electron chi connectivity index (χ1n) is 5.12. The van der Waals surface area contributed by atoms with Gasteiger partial charge in [-0.2, -0.15) is 0 Å². The standard InChI is InChI=1S/C11H14Cl2N2/c12-7-1-4-10(13)11(5-7)15-9-3-2-8(14)6-9/h1,4-5,8-9,15H,2-3,6,14H2. The Labute approximate surface area is 99.7 Å². The first-order valence-corrected chi connectivity index (χ1v) is 5.88. The third-order valence-corrected chi connectivity index (χ3v) is 3.33. The Morgan fingerprint density at radius 1 is 1.27 bits per heavy atom. The van der Waals surface area contributed by atoms with Crippen LogP contribution in [0.2, 0.25) is 10.0 Å². The van der Waals surface area contributed by atoms with E-state index >= 15 is 0 Å². The second-order valence-electron chi connectivity index (χ2n) is 4.04. The molecule has 0 spiro atoms. The molecule has 1 aromatic rings. The minimum atomic E-state index is 0.320. The number of hydrogen-bond donors (Lipinski definition) is 2. The van der Waals surface area contributed by atoms with Gasteiger partial charge in [-0.25, -0.2) is 0 Å². The number of nitrogens with two attached hydrogens (primary N) is 1. The van der Waals surface area contributed by atoms with Crippen LogP contribution in [0.4, 0.5) is 5.69 Å². The number of rotatable bonds is 2. The summed E-state index contributed by atoms with van der Waals surface area (Å²) in [6.07, 6.45) is 3.18. The molecule has 2 atom stereocenters. The molecule has 0 radical (unpaired) electrons. The maximum atomic E-state index is 6.06. The van der Waals surface area contributed by atoms with Gasteiger partial charge in [0.15, 0.2) is 0 Å². The molecule has 3 N–H and O–H groups in total. The van der Waals surface area contributed by atoms with Gasteiger partial charge in [-0.05, 0) is 37.5 Å². The van der Waals surface area contributed by atoms with Crippen molar-refractivity contribution in [1.29, 1.82) is 0 Å². The minimum Gasteiger partial charge on any atom is -0.381 e. The molecule has 2 unspecified atom stereocenters. The summed E-state index contributed by atoms with van der Waals surface area (Å²) in [5.41, 5.74) is 6.75. The number of nitrogens with one attached hydrogen (secondary N) is 1. The summed E-state index contributed by atoms with van der Waals surface area (Å²) in [5, 5.41) is 4.79. The molecule has 0 bridgehead atoms. The van der Waals surface area contributed by atoms with Crippen molar-refractivity contribution in [2.24, 2.45) is 5.73 Å². The van der Waals surface area contributed by atoms with Crippen LogP contribution in [0, 0.1) is 0 Å². The summed E-state index contributed by atoms with van der Waals surface area (Å²) in [5.74, 6) is 0. The van der Waals surface area contributed by atoms with Gasteiger partial charge in [0.05, 0.1) is 10.7 Å². The Bertz CT molecular complexity index is 354. The lowest BCUT2D eigenvalue weighted by atomic mass is 10.2. The Morgan fingerprint density at radius 2 is 2.07 bits per heavy atom. The maximum absolute atomic E-state index is 6.06. The first kappa shape index (κ1) is 11.1. The topological polar surface area (TPSA) is 38.0 Å². The van der Waals surface area contributed by atoms with Crippen molar-refractivity contribution in [2.75, 3.05) is 5.32 Å². The smallest absolute Gasteiger partial charge is 0.0638 e. The van der Waals surface area contributed by atoms with Crippen LogP contribution in [0.5, 0.6) is 0 Å². The zero-order valence-electron chi connectivity index (χ0n) is 8.34. The lowest BCUT2D eigenvalue weighted by molar-refractivity contribution is 0.688. The zero-order valence-corrected chi connectivity index (χ0v) is 9.85. The van der Waals surface area contributed by atoms with E-state index in [2.05, 4.69) is 5.32 Å². The summed E-state index contributed by atoms with van der Waals surface area (Å²) < 4.78 is 0. The first-order chi connectivity index (χ1) is 7.15. The molecule has 2 rings (SSSR count). The number of hydrogen-bond acceptors (Lipinski definition) is 2. The van der Waals surface area contributed by atoms with Crippen LogP contribution in [0.25, 0.3) is 0 Å². The van der Waals surface area contributed by atoms with Gasteiger partial charge in [-0.15, -0.1) is 0 Å². The molecule has 1 aliphatic rings. The second kappa shape index (κ2) is 4.60. The van der Waals surface area contributed by atoms with Gasteiger partial charge < -0.3 is 11.1 Å². The van der Waals surface area contributed by atoms with E-state index in [1.54, 1.807) is 12.1 Å². The third-order valence-electron chi connectivity index (χ3n) is 2.76. The van der Waals surface area contributed by atoms with Crippen LogP contribution in [-0.4, -0.2) is 12.1 Å². The van der Waals surface area contributed by atoms with E-state index in [0.717, 1.165) is 24.9 Å². The fourth-order valence-corrected chi connectivity index (χ4v) is 2.32. The molecule has 1 aliphatic carbocycles. The van der Waals surface area contributed by atoms with Crippen molar-refractivity contribution in [3.8, 4) is 0 Å². The van der Waals surface area contributed by atoms with Gasteiger partial charge in [0, 0.05) is 17.1 Å². The van der Waals surface area contributed by atoms with Gasteiger partial charge in [0.25, 0.3) is 0 Å². The molecule has 0 aliphatic heterocycles. The van der Waals surface area contributed by atoms with Gasteiger partial charge >= 0.3 is 0 Å². The third kappa shape index (κ3) is 2.77. The molecule has 1 fully saturated rings. The normalized spacial score (nSPS) is 25.5. The van der Waals surface area contributed by atoms with Gasteiger partial charge in [0.2, 0.25) is 0 Å². The quantitative estimate of drug-likeness (QED) is 0.839. The molecule has 0 heterocycles. The highest BCUT2D eigenvalue weighted by Crippen LogP contribution is 2.29. The molecule has 82 valence electrons. The molecular formula is C11H14Cl2N2. The van der Waals surface area contributed by atoms with E-state index in [0.29, 0.717) is 22.1 Å². The SMILES string of the molecule is NC1CCC(Nc2cc(Cl)ccc2Cl)C1. The number of benzene rings is 1. The zero-order chi connectivity index (χ0) is 10.8. The molecule has 15 heavy (non-hydrogen) atoms. The van der Waals surface area contributed by atoms with Crippen molar-refractivity contribution in [3.63, 3.8) is 0 Å². The van der Waals surface area contributed by atoms with E-state index in [4.69, 9.17) is 28.9 Å². The Morgan fingerprint density at radius 3 is 2.73 bits per heavy atom. The van der Waals surface area contributed by atoms with Gasteiger partial charge in [0.1, 0.15) is 0 Å². The Hall–Kier alpha value is -0.440. The van der Waals surface area contributed by atoms with Gasteiger partial charge in [-0.3, -0.25) is 0 Å². The van der Waals surface area contributed by atoms with Crippen LogP contribution in [0.1, 0.15) is 19.3 Å². The predicted octanol–water partition coefficient (Wildman–Crippen LogP) is 3.29. The molecule has 0 amide bonds. The summed E-state index contributed by atoms with van der Waals surface area (Å²) >= 11 is 12.0. The predicted molar refractivity (Wildman–Crippen MR) is 65.7 cm³/mol. The van der Waals surface area contributed by atoms with E-state index < -0.39 is 0 Å². The average molecular weight is 245 g/mol. The van der Waals surface area contributed by atoms with Crippen molar-refractivity contribution in [1.82, 2.24) is 0 Å². The highest BCUT2D eigenvalue weighted by Gasteiger charge is 2.21. The minimum absolute atomic E-state index is 0.320. The highest BCUT2D eigenvalue weighted by atomic mass is 35.5. The lowest BCUT2D eigenvalue weighted by Crippen LogP contribution is -2.20. The van der Waals surface area contributed by atoms with Crippen molar-refractivity contribution in [2.45, 2.75) is 31.3 Å². The Balaban J connectivity index is 2.07. The lowest BCUT2D eigenvalue weighted by Gasteiger charge is -2.15. The van der Waals surface area contributed by atoms with E-state index in [1.807, 2.05) is 6.07 Å². The number of halogens is 2. The fourth-order valence-electron chi connectivity index (χ4n) is 1.98. The average Bonchev–Trinajstić information content (AvgIpc) is 2.58. The van der Waals surface area contributed by atoms with E-state index in [9.17, 15) is 0 Å². The molecule has 1 aromatic carbocycles. The number of anilines is 1. The molecular weight excluding hydrogens is 231 g/mol. The largest absolute Gasteiger partial charge is 0.381 e. The molecule has 2 nitrogen and oxygen atoms in total. The second-order valence-corrected chi connectivity index (χ2v) is 4.88. The summed E-state index contributed by atoms with van der Waals surface area (Å²) in [6.45, 7) is 0. The van der Waals surface area contributed by atoms with Crippen LogP contribution in [0.3, 0.4) is 0 Å². The van der Waals surface area contributed by atoms with E-state index in [-0.39, 0.29) is 0 Å². The summed E-state index contributed by atoms with van der Waals surface area (Å²) in [6, 6.07) is 6.20. The Kier molecular flexibility index (Phi) is 3.39. The maximum Gasteiger partial charge on any atom is 0.0638 e. The molecule has 0 aromatic heterocycles.